The number of halogens is 1. The Morgan fingerprint density at radius 1 is 1.10 bits per heavy atom. The number of piperidine rings is 1. The van der Waals surface area contributed by atoms with Crippen LogP contribution in [-0.4, -0.2) is 72.3 Å². The highest BCUT2D eigenvalue weighted by Gasteiger charge is 2.71. The molecular formula is C20H26BrNO5S2. The number of ether oxygens (including phenoxy) is 2. The third-order valence-electron chi connectivity index (χ3n) is 6.36. The van der Waals surface area contributed by atoms with Crippen molar-refractivity contribution in [3.63, 3.8) is 0 Å². The summed E-state index contributed by atoms with van der Waals surface area (Å²) in [6.45, 7) is 0. The third-order valence-corrected chi connectivity index (χ3v) is 8.32. The van der Waals surface area contributed by atoms with Gasteiger partial charge in [-0.15, -0.1) is 22.7 Å². The number of nitrogens with zero attached hydrogens (tertiary/aromatic N) is 1. The molecule has 29 heavy (non-hydrogen) atoms. The van der Waals surface area contributed by atoms with Crippen LogP contribution in [0.2, 0.25) is 0 Å². The number of morpholine rings is 1. The molecule has 3 fully saturated rings. The van der Waals surface area contributed by atoms with Gasteiger partial charge in [0.15, 0.2) is 0 Å². The summed E-state index contributed by atoms with van der Waals surface area (Å²) in [5.41, 5.74) is -1.72. The average molecular weight is 504 g/mol. The summed E-state index contributed by atoms with van der Waals surface area (Å²) in [4.78, 5) is 14.3. The highest BCUT2D eigenvalue weighted by molar-refractivity contribution is 7.12. The Labute approximate surface area is 189 Å². The molecule has 9 heteroatoms. The number of aliphatic hydroxyl groups is 2. The number of likely N-dealkylation sites (N-methyl/N-ethyl adjacent to an activating group) is 1. The van der Waals surface area contributed by atoms with E-state index < -0.39 is 11.6 Å². The van der Waals surface area contributed by atoms with E-state index in [-0.39, 0.29) is 23.1 Å². The van der Waals surface area contributed by atoms with Crippen LogP contribution in [0, 0.1) is 0 Å². The lowest BCUT2D eigenvalue weighted by Crippen LogP contribution is -3.00. The van der Waals surface area contributed by atoms with Gasteiger partial charge in [0.1, 0.15) is 30.4 Å². The summed E-state index contributed by atoms with van der Waals surface area (Å²) in [7, 11) is 5.49. The minimum Gasteiger partial charge on any atom is -1.00 e. The molecule has 2 aromatic rings. The van der Waals surface area contributed by atoms with Crippen LogP contribution < -0.4 is 17.0 Å². The van der Waals surface area contributed by atoms with E-state index in [1.165, 1.54) is 22.7 Å². The highest BCUT2D eigenvalue weighted by atomic mass is 79.9. The van der Waals surface area contributed by atoms with E-state index in [9.17, 15) is 9.90 Å². The molecule has 0 radical (unpaired) electrons. The summed E-state index contributed by atoms with van der Waals surface area (Å²) in [6, 6.07) is 8.01. The van der Waals surface area contributed by atoms with E-state index in [0.29, 0.717) is 34.0 Å². The Kier molecular flexibility index (Phi) is 6.60. The number of carbonyl (C=O) groups excluding carboxylic acids is 1. The van der Waals surface area contributed by atoms with Crippen molar-refractivity contribution in [2.75, 3.05) is 21.2 Å². The van der Waals surface area contributed by atoms with Gasteiger partial charge in [-0.3, -0.25) is 0 Å². The first-order valence-electron chi connectivity index (χ1n) is 9.37. The van der Waals surface area contributed by atoms with Crippen molar-refractivity contribution in [2.24, 2.45) is 0 Å². The second-order valence-corrected chi connectivity index (χ2v) is 9.89. The Hall–Kier alpha value is -0.810. The molecule has 5 rings (SSSR count). The molecule has 2 aromatic heterocycles. The van der Waals surface area contributed by atoms with Crippen molar-refractivity contribution in [2.45, 2.75) is 48.8 Å². The molecule has 160 valence electrons. The molecule has 3 saturated heterocycles. The predicted molar refractivity (Wildman–Crippen MR) is 107 cm³/mol. The Morgan fingerprint density at radius 2 is 1.59 bits per heavy atom. The van der Waals surface area contributed by atoms with E-state index in [4.69, 9.17) is 14.6 Å². The van der Waals surface area contributed by atoms with E-state index in [1.54, 1.807) is 12.1 Å². The van der Waals surface area contributed by atoms with Crippen LogP contribution in [0.25, 0.3) is 0 Å². The number of fused-ring (bicyclic) bond motifs is 5. The molecule has 5 heterocycles. The van der Waals surface area contributed by atoms with E-state index in [0.717, 1.165) is 24.4 Å². The van der Waals surface area contributed by atoms with Gasteiger partial charge in [-0.25, -0.2) is 4.79 Å². The minimum absolute atomic E-state index is 0. The molecule has 0 saturated carbocycles. The molecule has 0 spiro atoms. The monoisotopic (exact) mass is 503 g/mol. The largest absolute Gasteiger partial charge is 1.00 e. The number of hydrogen-bond acceptors (Lipinski definition) is 7. The number of epoxide rings is 1. The van der Waals surface area contributed by atoms with Crippen LogP contribution in [0.15, 0.2) is 35.0 Å². The second kappa shape index (κ2) is 8.37. The van der Waals surface area contributed by atoms with Gasteiger partial charge in [-0.1, -0.05) is 12.1 Å². The summed E-state index contributed by atoms with van der Waals surface area (Å²) in [6.07, 6.45) is 2.05. The average Bonchev–Trinajstić information content (AvgIpc) is 3.06. The number of hydrogen-bond donors (Lipinski definition) is 2. The lowest BCUT2D eigenvalue weighted by atomic mass is 9.95. The summed E-state index contributed by atoms with van der Waals surface area (Å²) < 4.78 is 12.6. The molecule has 0 amide bonds. The number of quaternary nitrogens is 1. The Bertz CT molecular complexity index is 772. The van der Waals surface area contributed by atoms with Gasteiger partial charge >= 0.3 is 5.97 Å². The number of rotatable bonds is 4. The SMILES string of the molecule is CO.C[N+]1(C)[C@@H]2C[C@@H](OC(=O)C(O)(c3cccs3)c3cccs3)C[C@H]1[C@@H]1O[C@@H]12.[Br-]. The standard InChI is InChI=1S/C19H22NO4S2.CH4O.BrH/c1-20(2)12-9-11(10-13(20)17-16(12)24-17)23-18(21)19(22,14-5-3-7-25-14)15-6-4-8-26-15;1-2;/h3-8,11-13,16-17,22H,9-10H2,1-2H3;2H,1H3;1H/q+1;;/p-1/t11-,12-,13+,16-,17+;;. The zero-order chi connectivity index (χ0) is 20.1. The fraction of sp³-hybridized carbons (Fsp3) is 0.550. The molecule has 0 aliphatic carbocycles. The Balaban J connectivity index is 0.000000778. The van der Waals surface area contributed by atoms with Crippen LogP contribution in [-0.2, 0) is 19.9 Å². The molecule has 5 atom stereocenters. The van der Waals surface area contributed by atoms with Crippen LogP contribution in [0.4, 0.5) is 0 Å². The summed E-state index contributed by atoms with van der Waals surface area (Å²) in [5.74, 6) is -0.561. The van der Waals surface area contributed by atoms with Crippen molar-refractivity contribution in [3.05, 3.63) is 44.8 Å². The molecule has 0 aromatic carbocycles. The quantitative estimate of drug-likeness (QED) is 0.316. The highest BCUT2D eigenvalue weighted by Crippen LogP contribution is 2.52. The van der Waals surface area contributed by atoms with E-state index >= 15 is 0 Å². The van der Waals surface area contributed by atoms with Crippen molar-refractivity contribution in [1.29, 1.82) is 0 Å². The van der Waals surface area contributed by atoms with Gasteiger partial charge in [-0.2, -0.15) is 0 Å². The summed E-state index contributed by atoms with van der Waals surface area (Å²) >= 11 is 2.74. The second-order valence-electron chi connectivity index (χ2n) is 7.99. The number of carbonyl (C=O) groups is 1. The zero-order valence-electron chi connectivity index (χ0n) is 16.5. The maximum Gasteiger partial charge on any atom is 0.349 e. The number of aliphatic hydroxyl groups excluding tert-OH is 1. The molecule has 2 bridgehead atoms. The molecule has 6 nitrogen and oxygen atoms in total. The molecule has 2 N–H and O–H groups in total. The molecule has 0 unspecified atom stereocenters. The normalized spacial score (nSPS) is 31.0. The van der Waals surface area contributed by atoms with Crippen molar-refractivity contribution in [1.82, 2.24) is 0 Å². The minimum atomic E-state index is -1.72. The number of thiophene rings is 2. The van der Waals surface area contributed by atoms with Gasteiger partial charge < -0.3 is 41.2 Å². The first-order valence-corrected chi connectivity index (χ1v) is 11.1. The topological polar surface area (TPSA) is 79.3 Å². The molecular weight excluding hydrogens is 478 g/mol. The smallest absolute Gasteiger partial charge is 0.349 e. The van der Waals surface area contributed by atoms with Gasteiger partial charge in [0.2, 0.25) is 5.60 Å². The Morgan fingerprint density at radius 3 is 2.00 bits per heavy atom. The van der Waals surface area contributed by atoms with Crippen molar-refractivity contribution >= 4 is 28.6 Å². The fourth-order valence-corrected chi connectivity index (χ4v) is 6.54. The molecule has 3 aliphatic rings. The van der Waals surface area contributed by atoms with Crippen LogP contribution >= 0.6 is 22.7 Å². The maximum atomic E-state index is 13.1. The lowest BCUT2D eigenvalue weighted by Gasteiger charge is -2.45. The third kappa shape index (κ3) is 3.60. The first-order chi connectivity index (χ1) is 13.4. The first kappa shape index (κ1) is 22.9. The maximum absolute atomic E-state index is 13.1. The van der Waals surface area contributed by atoms with E-state index in [1.807, 2.05) is 22.9 Å². The van der Waals surface area contributed by atoms with Crippen molar-refractivity contribution < 1.29 is 45.9 Å². The van der Waals surface area contributed by atoms with Gasteiger partial charge in [0.25, 0.3) is 0 Å². The van der Waals surface area contributed by atoms with Gasteiger partial charge in [-0.05, 0) is 22.9 Å². The molecule has 3 aliphatic heterocycles. The fourth-order valence-electron chi connectivity index (χ4n) is 4.83. The zero-order valence-corrected chi connectivity index (χ0v) is 19.7. The van der Waals surface area contributed by atoms with Crippen LogP contribution in [0.1, 0.15) is 22.6 Å². The van der Waals surface area contributed by atoms with E-state index in [2.05, 4.69) is 14.1 Å². The van der Waals surface area contributed by atoms with Crippen LogP contribution in [0.5, 0.6) is 0 Å². The van der Waals surface area contributed by atoms with Crippen LogP contribution in [0.3, 0.4) is 0 Å². The van der Waals surface area contributed by atoms with Gasteiger partial charge in [0.05, 0.1) is 23.8 Å². The summed E-state index contributed by atoms with van der Waals surface area (Å²) in [5, 5.41) is 22.1. The number of esters is 1. The van der Waals surface area contributed by atoms with Gasteiger partial charge in [0, 0.05) is 20.0 Å². The predicted octanol–water partition coefficient (Wildman–Crippen LogP) is -1.04. The van der Waals surface area contributed by atoms with Crippen molar-refractivity contribution in [3.8, 4) is 0 Å². The lowest BCUT2D eigenvalue weighted by molar-refractivity contribution is -0.938.